The molecule has 0 bridgehead atoms. The molecule has 0 aliphatic rings. The number of nitro groups is 1. The third kappa shape index (κ3) is 3.71. The second-order valence-corrected chi connectivity index (χ2v) is 5.96. The van der Waals surface area contributed by atoms with Crippen LogP contribution in [-0.4, -0.2) is 15.0 Å². The smallest absolute Gasteiger partial charge is 0.270 e. The van der Waals surface area contributed by atoms with Gasteiger partial charge in [0.15, 0.2) is 0 Å². The minimum Gasteiger partial charge on any atom is -0.508 e. The molecule has 6 nitrogen and oxygen atoms in total. The summed E-state index contributed by atoms with van der Waals surface area (Å²) in [5.41, 5.74) is 2.34. The fraction of sp³-hybridized carbons (Fsp3) is 0. The van der Waals surface area contributed by atoms with Crippen molar-refractivity contribution in [3.63, 3.8) is 0 Å². The summed E-state index contributed by atoms with van der Waals surface area (Å²) in [7, 11) is 0. The highest BCUT2D eigenvalue weighted by Gasteiger charge is 2.12. The van der Waals surface area contributed by atoms with Gasteiger partial charge in [-0.25, -0.2) is 4.98 Å². The zero-order valence-electron chi connectivity index (χ0n) is 12.8. The number of hydrogen-bond donors (Lipinski definition) is 1. The van der Waals surface area contributed by atoms with Crippen molar-refractivity contribution in [2.24, 2.45) is 0 Å². The Kier molecular flexibility index (Phi) is 4.55. The lowest BCUT2D eigenvalue weighted by atomic mass is 10.1. The van der Waals surface area contributed by atoms with E-state index in [9.17, 15) is 20.5 Å². The zero-order chi connectivity index (χ0) is 17.8. The summed E-state index contributed by atoms with van der Waals surface area (Å²) in [6, 6.07) is 14.8. The number of aromatic nitrogens is 1. The van der Waals surface area contributed by atoms with Crippen LogP contribution >= 0.6 is 11.3 Å². The number of nitro benzene ring substituents is 1. The van der Waals surface area contributed by atoms with Crippen molar-refractivity contribution < 1.29 is 10.0 Å². The first-order chi connectivity index (χ1) is 12.1. The molecule has 1 heterocycles. The second kappa shape index (κ2) is 6.95. The molecule has 0 amide bonds. The molecule has 0 unspecified atom stereocenters. The van der Waals surface area contributed by atoms with Crippen LogP contribution in [0.5, 0.6) is 5.75 Å². The molecule has 0 aliphatic carbocycles. The van der Waals surface area contributed by atoms with Crippen LogP contribution < -0.4 is 0 Å². The van der Waals surface area contributed by atoms with Crippen LogP contribution in [0.3, 0.4) is 0 Å². The first kappa shape index (κ1) is 16.4. The maximum atomic E-state index is 10.9. The Morgan fingerprint density at radius 2 is 2.04 bits per heavy atom. The number of allylic oxidation sites excluding steroid dienone is 1. The maximum absolute atomic E-state index is 10.9. The molecule has 0 spiro atoms. The normalized spacial score (nSPS) is 11.1. The van der Waals surface area contributed by atoms with Crippen molar-refractivity contribution in [2.75, 3.05) is 0 Å². The quantitative estimate of drug-likeness (QED) is 0.425. The van der Waals surface area contributed by atoms with Gasteiger partial charge in [-0.05, 0) is 23.8 Å². The summed E-state index contributed by atoms with van der Waals surface area (Å²) in [5, 5.41) is 31.9. The van der Waals surface area contributed by atoms with Gasteiger partial charge in [0, 0.05) is 23.1 Å². The van der Waals surface area contributed by atoms with Gasteiger partial charge in [0.05, 0.1) is 16.2 Å². The van der Waals surface area contributed by atoms with E-state index in [4.69, 9.17) is 0 Å². The third-order valence-corrected chi connectivity index (χ3v) is 4.29. The van der Waals surface area contributed by atoms with E-state index >= 15 is 0 Å². The van der Waals surface area contributed by atoms with E-state index in [0.717, 1.165) is 5.56 Å². The van der Waals surface area contributed by atoms with E-state index in [1.807, 2.05) is 0 Å². The number of nitrogens with zero attached hydrogens (tertiary/aromatic N) is 3. The van der Waals surface area contributed by atoms with E-state index in [1.165, 1.54) is 35.6 Å². The lowest BCUT2D eigenvalue weighted by Gasteiger charge is -1.98. The largest absolute Gasteiger partial charge is 0.508 e. The zero-order valence-corrected chi connectivity index (χ0v) is 13.6. The number of thiazole rings is 1. The standard InChI is InChI=1S/C18H11N3O3S/c19-10-14(8-12-4-6-16(22)7-5-12)18-20-17(11-25-18)13-2-1-3-15(9-13)21(23)24/h1-9,11,22H/b14-8+. The highest BCUT2D eigenvalue weighted by molar-refractivity contribution is 7.11. The molecule has 1 N–H and O–H groups in total. The Labute approximate surface area is 147 Å². The average molecular weight is 349 g/mol. The Morgan fingerprint density at radius 1 is 1.28 bits per heavy atom. The fourth-order valence-corrected chi connectivity index (χ4v) is 2.98. The molecule has 0 fully saturated rings. The average Bonchev–Trinajstić information content (AvgIpc) is 3.11. The van der Waals surface area contributed by atoms with Crippen LogP contribution in [0.25, 0.3) is 22.9 Å². The molecule has 3 rings (SSSR count). The Morgan fingerprint density at radius 3 is 2.72 bits per heavy atom. The summed E-state index contributed by atoms with van der Waals surface area (Å²) < 4.78 is 0. The van der Waals surface area contributed by atoms with Crippen molar-refractivity contribution in [1.82, 2.24) is 4.98 Å². The van der Waals surface area contributed by atoms with Gasteiger partial charge in [-0.3, -0.25) is 10.1 Å². The van der Waals surface area contributed by atoms with E-state index in [1.54, 1.807) is 35.7 Å². The monoisotopic (exact) mass is 349 g/mol. The molecule has 0 aliphatic heterocycles. The highest BCUT2D eigenvalue weighted by Crippen LogP contribution is 2.29. The molecule has 0 radical (unpaired) electrons. The molecule has 25 heavy (non-hydrogen) atoms. The van der Waals surface area contributed by atoms with E-state index in [-0.39, 0.29) is 11.4 Å². The lowest BCUT2D eigenvalue weighted by molar-refractivity contribution is -0.384. The summed E-state index contributed by atoms with van der Waals surface area (Å²) in [5.74, 6) is 0.151. The van der Waals surface area contributed by atoms with Crippen LogP contribution in [0.2, 0.25) is 0 Å². The van der Waals surface area contributed by atoms with Crippen molar-refractivity contribution in [3.8, 4) is 23.1 Å². The molecule has 7 heteroatoms. The van der Waals surface area contributed by atoms with Crippen LogP contribution in [0.15, 0.2) is 53.9 Å². The Balaban J connectivity index is 1.94. The molecular formula is C18H11N3O3S. The van der Waals surface area contributed by atoms with Gasteiger partial charge in [-0.15, -0.1) is 11.3 Å². The molecule has 2 aromatic carbocycles. The first-order valence-electron chi connectivity index (χ1n) is 7.18. The number of hydrogen-bond acceptors (Lipinski definition) is 6. The number of phenolic OH excluding ortho intramolecular Hbond substituents is 1. The summed E-state index contributed by atoms with van der Waals surface area (Å²) >= 11 is 1.29. The highest BCUT2D eigenvalue weighted by atomic mass is 32.1. The first-order valence-corrected chi connectivity index (χ1v) is 8.06. The molecular weight excluding hydrogens is 338 g/mol. The number of rotatable bonds is 4. The SMILES string of the molecule is N#C/C(=C\c1ccc(O)cc1)c1nc(-c2cccc([N+](=O)[O-])c2)cs1. The van der Waals surface area contributed by atoms with Crippen molar-refractivity contribution >= 4 is 28.7 Å². The predicted octanol–water partition coefficient (Wildman–Crippen LogP) is 4.49. The van der Waals surface area contributed by atoms with Crippen LogP contribution in [0, 0.1) is 21.4 Å². The van der Waals surface area contributed by atoms with Gasteiger partial charge >= 0.3 is 0 Å². The van der Waals surface area contributed by atoms with Crippen LogP contribution in [0.1, 0.15) is 10.6 Å². The molecule has 0 atom stereocenters. The molecule has 3 aromatic rings. The number of aromatic hydroxyl groups is 1. The van der Waals surface area contributed by atoms with Crippen molar-refractivity contribution in [1.29, 1.82) is 5.26 Å². The molecule has 122 valence electrons. The summed E-state index contributed by atoms with van der Waals surface area (Å²) in [6.07, 6.45) is 1.68. The molecule has 0 saturated heterocycles. The third-order valence-electron chi connectivity index (χ3n) is 3.41. The van der Waals surface area contributed by atoms with Gasteiger partial charge < -0.3 is 5.11 Å². The number of non-ortho nitro benzene ring substituents is 1. The molecule has 1 aromatic heterocycles. The number of nitriles is 1. The predicted molar refractivity (Wildman–Crippen MR) is 95.8 cm³/mol. The minimum absolute atomic E-state index is 0.00723. The van der Waals surface area contributed by atoms with Crippen molar-refractivity contribution in [3.05, 3.63) is 74.6 Å². The van der Waals surface area contributed by atoms with Gasteiger partial charge in [0.1, 0.15) is 16.8 Å². The number of phenols is 1. The van der Waals surface area contributed by atoms with Gasteiger partial charge in [0.25, 0.3) is 5.69 Å². The van der Waals surface area contributed by atoms with Crippen molar-refractivity contribution in [2.45, 2.75) is 0 Å². The van der Waals surface area contributed by atoms with E-state index < -0.39 is 4.92 Å². The number of benzene rings is 2. The minimum atomic E-state index is -0.456. The summed E-state index contributed by atoms with van der Waals surface area (Å²) in [4.78, 5) is 14.9. The summed E-state index contributed by atoms with van der Waals surface area (Å²) in [6.45, 7) is 0. The maximum Gasteiger partial charge on any atom is 0.270 e. The lowest BCUT2D eigenvalue weighted by Crippen LogP contribution is -1.88. The van der Waals surface area contributed by atoms with Gasteiger partial charge in [-0.1, -0.05) is 24.3 Å². The topological polar surface area (TPSA) is 100 Å². The second-order valence-electron chi connectivity index (χ2n) is 5.11. The van der Waals surface area contributed by atoms with Gasteiger partial charge in [-0.2, -0.15) is 5.26 Å². The van der Waals surface area contributed by atoms with E-state index in [2.05, 4.69) is 11.1 Å². The Hall–Kier alpha value is -3.50. The fourth-order valence-electron chi connectivity index (χ4n) is 2.19. The van der Waals surface area contributed by atoms with E-state index in [0.29, 0.717) is 21.8 Å². The Bertz CT molecular complexity index is 1000. The van der Waals surface area contributed by atoms with Crippen LogP contribution in [-0.2, 0) is 0 Å². The van der Waals surface area contributed by atoms with Crippen LogP contribution in [0.4, 0.5) is 5.69 Å². The van der Waals surface area contributed by atoms with Gasteiger partial charge in [0.2, 0.25) is 0 Å². The molecule has 0 saturated carbocycles.